The van der Waals surface area contributed by atoms with E-state index in [-0.39, 0.29) is 0 Å². The third-order valence-corrected chi connectivity index (χ3v) is 4.29. The van der Waals surface area contributed by atoms with E-state index in [0.29, 0.717) is 17.5 Å². The maximum absolute atomic E-state index is 9.19. The summed E-state index contributed by atoms with van der Waals surface area (Å²) in [6, 6.07) is 7.89. The highest BCUT2D eigenvalue weighted by Gasteiger charge is 2.17. The van der Waals surface area contributed by atoms with E-state index in [0.717, 1.165) is 42.9 Å². The van der Waals surface area contributed by atoms with E-state index in [1.165, 1.54) is 12.8 Å². The molecule has 1 aromatic carbocycles. The molecule has 0 aliphatic carbocycles. The molecule has 1 atom stereocenters. The molecule has 1 aromatic heterocycles. The van der Waals surface area contributed by atoms with Crippen LogP contribution in [-0.4, -0.2) is 22.3 Å². The minimum absolute atomic E-state index is 0.332. The standard InChI is InChI=1S/C16H18ClN3O/c17-10-15-19-16-12(11-18)4-3-6-14(16)20(15)8-7-13-5-1-2-9-21-13/h3-4,6,13H,1-2,5,7-10H2. The van der Waals surface area contributed by atoms with Crippen LogP contribution in [0, 0.1) is 11.3 Å². The Hall–Kier alpha value is -1.57. The Bertz CT molecular complexity index is 668. The molecule has 2 heterocycles. The summed E-state index contributed by atoms with van der Waals surface area (Å²) in [5.41, 5.74) is 2.34. The van der Waals surface area contributed by atoms with Crippen LogP contribution in [0.1, 0.15) is 37.1 Å². The van der Waals surface area contributed by atoms with Gasteiger partial charge in [-0.2, -0.15) is 5.26 Å². The van der Waals surface area contributed by atoms with Crippen molar-refractivity contribution >= 4 is 22.6 Å². The Morgan fingerprint density at radius 2 is 2.33 bits per heavy atom. The van der Waals surface area contributed by atoms with Gasteiger partial charge in [-0.1, -0.05) is 6.07 Å². The highest BCUT2D eigenvalue weighted by molar-refractivity contribution is 6.16. The van der Waals surface area contributed by atoms with Crippen LogP contribution in [0.15, 0.2) is 18.2 Å². The Morgan fingerprint density at radius 3 is 3.05 bits per heavy atom. The summed E-state index contributed by atoms with van der Waals surface area (Å²) in [7, 11) is 0. The quantitative estimate of drug-likeness (QED) is 0.811. The number of imidazole rings is 1. The lowest BCUT2D eigenvalue weighted by Gasteiger charge is -2.23. The zero-order chi connectivity index (χ0) is 14.7. The molecule has 110 valence electrons. The van der Waals surface area contributed by atoms with Gasteiger partial charge < -0.3 is 9.30 Å². The number of halogens is 1. The summed E-state index contributed by atoms with van der Waals surface area (Å²) in [6.45, 7) is 1.70. The molecule has 21 heavy (non-hydrogen) atoms. The molecule has 2 aromatic rings. The number of aromatic nitrogens is 2. The number of para-hydroxylation sites is 1. The molecule has 0 bridgehead atoms. The average Bonchev–Trinajstić information content (AvgIpc) is 2.91. The topological polar surface area (TPSA) is 50.8 Å². The molecule has 0 saturated carbocycles. The van der Waals surface area contributed by atoms with Crippen molar-refractivity contribution in [3.8, 4) is 6.07 Å². The third kappa shape index (κ3) is 2.90. The average molecular weight is 304 g/mol. The van der Waals surface area contributed by atoms with Crippen LogP contribution in [0.4, 0.5) is 0 Å². The lowest BCUT2D eigenvalue weighted by Crippen LogP contribution is -2.21. The first-order valence-corrected chi connectivity index (χ1v) is 7.92. The highest BCUT2D eigenvalue weighted by atomic mass is 35.5. The molecular weight excluding hydrogens is 286 g/mol. The molecule has 0 radical (unpaired) electrons. The molecular formula is C16H18ClN3O. The zero-order valence-electron chi connectivity index (χ0n) is 11.9. The number of benzene rings is 1. The predicted octanol–water partition coefficient (Wildman–Crippen LogP) is 3.61. The maximum Gasteiger partial charge on any atom is 0.124 e. The number of aryl methyl sites for hydroxylation is 1. The van der Waals surface area contributed by atoms with Crippen LogP contribution in [0.5, 0.6) is 0 Å². The monoisotopic (exact) mass is 303 g/mol. The summed E-state index contributed by atoms with van der Waals surface area (Å²) in [5, 5.41) is 9.19. The fourth-order valence-electron chi connectivity index (χ4n) is 2.95. The van der Waals surface area contributed by atoms with Crippen LogP contribution < -0.4 is 0 Å². The number of alkyl halides is 1. The SMILES string of the molecule is N#Cc1cccc2c1nc(CCl)n2CCC1CCCCO1. The number of nitriles is 1. The Labute approximate surface area is 129 Å². The maximum atomic E-state index is 9.19. The summed E-state index contributed by atoms with van der Waals surface area (Å²) in [4.78, 5) is 4.53. The van der Waals surface area contributed by atoms with Gasteiger partial charge in [0, 0.05) is 13.2 Å². The minimum atomic E-state index is 0.332. The van der Waals surface area contributed by atoms with Gasteiger partial charge in [-0.25, -0.2) is 4.98 Å². The predicted molar refractivity (Wildman–Crippen MR) is 82.2 cm³/mol. The van der Waals surface area contributed by atoms with Gasteiger partial charge in [-0.3, -0.25) is 0 Å². The molecule has 5 heteroatoms. The largest absolute Gasteiger partial charge is 0.378 e. The van der Waals surface area contributed by atoms with Gasteiger partial charge >= 0.3 is 0 Å². The normalized spacial score (nSPS) is 18.8. The van der Waals surface area contributed by atoms with Crippen molar-refractivity contribution in [3.05, 3.63) is 29.6 Å². The second-order valence-electron chi connectivity index (χ2n) is 5.38. The second-order valence-corrected chi connectivity index (χ2v) is 5.64. The van der Waals surface area contributed by atoms with Crippen molar-refractivity contribution in [1.82, 2.24) is 9.55 Å². The van der Waals surface area contributed by atoms with Gasteiger partial charge in [0.1, 0.15) is 17.4 Å². The van der Waals surface area contributed by atoms with E-state index >= 15 is 0 Å². The molecule has 4 nitrogen and oxygen atoms in total. The van der Waals surface area contributed by atoms with Gasteiger partial charge in [-0.15, -0.1) is 11.6 Å². The third-order valence-electron chi connectivity index (χ3n) is 4.05. The molecule has 0 N–H and O–H groups in total. The number of nitrogens with zero attached hydrogens (tertiary/aromatic N) is 3. The molecule has 1 aliphatic heterocycles. The van der Waals surface area contributed by atoms with Gasteiger partial charge in [0.25, 0.3) is 0 Å². The Balaban J connectivity index is 1.88. The van der Waals surface area contributed by atoms with Crippen LogP contribution in [-0.2, 0) is 17.2 Å². The number of fused-ring (bicyclic) bond motifs is 1. The van der Waals surface area contributed by atoms with Crippen LogP contribution >= 0.6 is 11.6 Å². The first kappa shape index (κ1) is 14.4. The molecule has 1 saturated heterocycles. The van der Waals surface area contributed by atoms with Crippen molar-refractivity contribution in [2.24, 2.45) is 0 Å². The number of rotatable bonds is 4. The number of ether oxygens (including phenoxy) is 1. The summed E-state index contributed by atoms with van der Waals surface area (Å²) in [5.74, 6) is 1.18. The molecule has 1 unspecified atom stereocenters. The number of hydrogen-bond acceptors (Lipinski definition) is 3. The first-order chi connectivity index (χ1) is 10.3. The van der Waals surface area contributed by atoms with Crippen LogP contribution in [0.25, 0.3) is 11.0 Å². The Morgan fingerprint density at radius 1 is 1.43 bits per heavy atom. The molecule has 3 rings (SSSR count). The summed E-state index contributed by atoms with van der Waals surface area (Å²) >= 11 is 6.02. The fourth-order valence-corrected chi connectivity index (χ4v) is 3.15. The van der Waals surface area contributed by atoms with E-state index in [1.807, 2.05) is 12.1 Å². The first-order valence-electron chi connectivity index (χ1n) is 7.39. The van der Waals surface area contributed by atoms with Gasteiger partial charge in [0.2, 0.25) is 0 Å². The lowest BCUT2D eigenvalue weighted by atomic mass is 10.1. The van der Waals surface area contributed by atoms with E-state index in [4.69, 9.17) is 16.3 Å². The lowest BCUT2D eigenvalue weighted by molar-refractivity contribution is 0.00889. The molecule has 0 amide bonds. The zero-order valence-corrected chi connectivity index (χ0v) is 12.6. The van der Waals surface area contributed by atoms with Crippen LogP contribution in [0.3, 0.4) is 0 Å². The van der Waals surface area contributed by atoms with Crippen molar-refractivity contribution in [3.63, 3.8) is 0 Å². The van der Waals surface area contributed by atoms with Gasteiger partial charge in [0.05, 0.1) is 23.1 Å². The van der Waals surface area contributed by atoms with E-state index < -0.39 is 0 Å². The molecule has 1 aliphatic rings. The summed E-state index contributed by atoms with van der Waals surface area (Å²) < 4.78 is 7.91. The van der Waals surface area contributed by atoms with Crippen LogP contribution in [0.2, 0.25) is 0 Å². The van der Waals surface area contributed by atoms with Gasteiger partial charge in [-0.05, 0) is 37.8 Å². The molecule has 0 spiro atoms. The second kappa shape index (κ2) is 6.46. The highest BCUT2D eigenvalue weighted by Crippen LogP contribution is 2.23. The summed E-state index contributed by atoms with van der Waals surface area (Å²) in [6.07, 6.45) is 4.84. The van der Waals surface area contributed by atoms with E-state index in [9.17, 15) is 5.26 Å². The Kier molecular flexibility index (Phi) is 4.42. The minimum Gasteiger partial charge on any atom is -0.378 e. The molecule has 1 fully saturated rings. The fraction of sp³-hybridized carbons (Fsp3) is 0.500. The van der Waals surface area contributed by atoms with Crippen molar-refractivity contribution < 1.29 is 4.74 Å². The van der Waals surface area contributed by atoms with E-state index in [2.05, 4.69) is 15.6 Å². The van der Waals surface area contributed by atoms with Crippen molar-refractivity contribution in [2.75, 3.05) is 6.61 Å². The number of hydrogen-bond donors (Lipinski definition) is 0. The van der Waals surface area contributed by atoms with E-state index in [1.54, 1.807) is 6.07 Å². The van der Waals surface area contributed by atoms with Crippen molar-refractivity contribution in [1.29, 1.82) is 5.26 Å². The smallest absolute Gasteiger partial charge is 0.124 e. The van der Waals surface area contributed by atoms with Crippen molar-refractivity contribution in [2.45, 2.75) is 44.2 Å². The van der Waals surface area contributed by atoms with Gasteiger partial charge in [0.15, 0.2) is 0 Å².